The van der Waals surface area contributed by atoms with E-state index in [9.17, 15) is 4.79 Å². The second-order valence-electron chi connectivity index (χ2n) is 2.44. The summed E-state index contributed by atoms with van der Waals surface area (Å²) in [7, 11) is 1.72. The molecule has 0 aliphatic heterocycles. The van der Waals surface area contributed by atoms with Crippen molar-refractivity contribution in [2.24, 2.45) is 0 Å². The number of rotatable bonds is 3. The second kappa shape index (κ2) is 4.69. The molecule has 0 spiro atoms. The minimum Gasteiger partial charge on any atom is -0.313 e. The summed E-state index contributed by atoms with van der Waals surface area (Å²) in [5.74, 6) is -0.0151. The minimum absolute atomic E-state index is 0.0151. The summed E-state index contributed by atoms with van der Waals surface area (Å²) >= 11 is 8.89. The lowest BCUT2D eigenvalue weighted by Gasteiger charge is -2.02. The molecule has 70 valence electrons. The van der Waals surface area contributed by atoms with Crippen LogP contribution in [0, 0.1) is 0 Å². The third-order valence-electron chi connectivity index (χ3n) is 1.46. The first-order valence-corrected chi connectivity index (χ1v) is 4.81. The van der Waals surface area contributed by atoms with Gasteiger partial charge >= 0.3 is 0 Å². The van der Waals surface area contributed by atoms with Crippen molar-refractivity contribution in [2.45, 2.75) is 0 Å². The molecule has 5 heteroatoms. The third kappa shape index (κ3) is 2.76. The highest BCUT2D eigenvalue weighted by molar-refractivity contribution is 9.10. The van der Waals surface area contributed by atoms with Crippen LogP contribution in [0.5, 0.6) is 0 Å². The highest BCUT2D eigenvalue weighted by Crippen LogP contribution is 2.18. The maximum atomic E-state index is 11.4. The number of carbonyl (C=O) groups excluding carboxylic acids is 1. The zero-order valence-electron chi connectivity index (χ0n) is 6.97. The van der Waals surface area contributed by atoms with E-state index in [-0.39, 0.29) is 5.78 Å². The van der Waals surface area contributed by atoms with Gasteiger partial charge in [-0.05, 0) is 29.0 Å². The van der Waals surface area contributed by atoms with Gasteiger partial charge in [-0.25, -0.2) is 4.98 Å². The van der Waals surface area contributed by atoms with E-state index in [1.165, 1.54) is 6.20 Å². The van der Waals surface area contributed by atoms with Crippen LogP contribution in [0.2, 0.25) is 5.15 Å². The molecule has 0 atom stereocenters. The van der Waals surface area contributed by atoms with Crippen molar-refractivity contribution in [3.8, 4) is 0 Å². The predicted octanol–water partition coefficient (Wildman–Crippen LogP) is 1.90. The van der Waals surface area contributed by atoms with E-state index in [2.05, 4.69) is 26.2 Å². The van der Waals surface area contributed by atoms with Crippen molar-refractivity contribution < 1.29 is 4.79 Å². The molecule has 1 aromatic heterocycles. The first kappa shape index (κ1) is 10.6. The minimum atomic E-state index is -0.0151. The molecule has 0 unspecified atom stereocenters. The molecule has 0 bridgehead atoms. The van der Waals surface area contributed by atoms with Crippen LogP contribution in [0.4, 0.5) is 0 Å². The molecule has 0 aromatic carbocycles. The zero-order chi connectivity index (χ0) is 9.84. The Morgan fingerprint density at radius 2 is 2.46 bits per heavy atom. The van der Waals surface area contributed by atoms with Gasteiger partial charge in [-0.2, -0.15) is 0 Å². The lowest BCUT2D eigenvalue weighted by atomic mass is 10.2. The number of halogens is 2. The monoisotopic (exact) mass is 262 g/mol. The number of nitrogens with one attached hydrogen (secondary N) is 1. The molecule has 1 heterocycles. The van der Waals surface area contributed by atoms with Crippen LogP contribution in [0.3, 0.4) is 0 Å². The molecule has 0 saturated heterocycles. The van der Waals surface area contributed by atoms with Gasteiger partial charge in [-0.3, -0.25) is 4.79 Å². The van der Waals surface area contributed by atoms with Crippen molar-refractivity contribution in [3.63, 3.8) is 0 Å². The van der Waals surface area contributed by atoms with Crippen LogP contribution >= 0.6 is 27.5 Å². The molecule has 0 radical (unpaired) electrons. The average molecular weight is 264 g/mol. The summed E-state index contributed by atoms with van der Waals surface area (Å²) in [6.07, 6.45) is 1.52. The first-order chi connectivity index (χ1) is 6.15. The van der Waals surface area contributed by atoms with Crippen molar-refractivity contribution in [1.29, 1.82) is 0 Å². The molecule has 3 nitrogen and oxygen atoms in total. The van der Waals surface area contributed by atoms with Crippen LogP contribution in [-0.4, -0.2) is 24.4 Å². The summed E-state index contributed by atoms with van der Waals surface area (Å²) in [4.78, 5) is 15.3. The Kier molecular flexibility index (Phi) is 3.84. The standard InChI is InChI=1S/C8H8BrClN2O/c1-11-4-7(13)5-2-8(10)12-3-6(5)9/h2-3,11H,4H2,1H3. The number of pyridine rings is 1. The number of likely N-dealkylation sites (N-methyl/N-ethyl adjacent to an activating group) is 1. The normalized spacial score (nSPS) is 10.1. The van der Waals surface area contributed by atoms with E-state index in [0.29, 0.717) is 21.7 Å². The Labute approximate surface area is 89.6 Å². The van der Waals surface area contributed by atoms with Crippen molar-refractivity contribution in [2.75, 3.05) is 13.6 Å². The van der Waals surface area contributed by atoms with Crippen LogP contribution < -0.4 is 5.32 Å². The Bertz CT molecular complexity index is 330. The Hall–Kier alpha value is -0.450. The van der Waals surface area contributed by atoms with Gasteiger partial charge in [0.25, 0.3) is 0 Å². The van der Waals surface area contributed by atoms with Gasteiger partial charge in [0, 0.05) is 16.2 Å². The van der Waals surface area contributed by atoms with Crippen molar-refractivity contribution in [1.82, 2.24) is 10.3 Å². The van der Waals surface area contributed by atoms with E-state index < -0.39 is 0 Å². The highest BCUT2D eigenvalue weighted by Gasteiger charge is 2.09. The average Bonchev–Trinajstić information content (AvgIpc) is 2.09. The maximum absolute atomic E-state index is 11.4. The smallest absolute Gasteiger partial charge is 0.177 e. The molecule has 0 aliphatic rings. The molecule has 0 aliphatic carbocycles. The van der Waals surface area contributed by atoms with Gasteiger partial charge in [0.2, 0.25) is 0 Å². The number of hydrogen-bond acceptors (Lipinski definition) is 3. The van der Waals surface area contributed by atoms with Crippen LogP contribution in [0.15, 0.2) is 16.7 Å². The fourth-order valence-corrected chi connectivity index (χ4v) is 1.48. The van der Waals surface area contributed by atoms with Crippen LogP contribution in [0.1, 0.15) is 10.4 Å². The molecule has 1 rings (SSSR count). The molecule has 0 amide bonds. The van der Waals surface area contributed by atoms with Gasteiger partial charge in [0.1, 0.15) is 5.15 Å². The van der Waals surface area contributed by atoms with E-state index >= 15 is 0 Å². The number of nitrogens with zero attached hydrogens (tertiary/aromatic N) is 1. The lowest BCUT2D eigenvalue weighted by molar-refractivity contribution is 0.0993. The number of Topliss-reactive ketones (excluding diaryl/α,β-unsaturated/α-hetero) is 1. The Morgan fingerprint density at radius 3 is 3.08 bits per heavy atom. The van der Waals surface area contributed by atoms with E-state index in [4.69, 9.17) is 11.6 Å². The largest absolute Gasteiger partial charge is 0.313 e. The summed E-state index contributed by atoms with van der Waals surface area (Å²) in [6, 6.07) is 1.55. The lowest BCUT2D eigenvalue weighted by Crippen LogP contribution is -2.19. The molecule has 13 heavy (non-hydrogen) atoms. The second-order valence-corrected chi connectivity index (χ2v) is 3.68. The van der Waals surface area contributed by atoms with E-state index in [1.54, 1.807) is 13.1 Å². The predicted molar refractivity (Wildman–Crippen MR) is 55.2 cm³/mol. The van der Waals surface area contributed by atoms with Gasteiger partial charge in [0.15, 0.2) is 5.78 Å². The summed E-state index contributed by atoms with van der Waals surface area (Å²) < 4.78 is 0.664. The molecule has 1 N–H and O–H groups in total. The number of carbonyl (C=O) groups is 1. The van der Waals surface area contributed by atoms with Crippen molar-refractivity contribution >= 4 is 33.3 Å². The Balaban J connectivity index is 2.99. The maximum Gasteiger partial charge on any atom is 0.177 e. The summed E-state index contributed by atoms with van der Waals surface area (Å²) in [5, 5.41) is 3.10. The quantitative estimate of drug-likeness (QED) is 0.669. The highest BCUT2D eigenvalue weighted by atomic mass is 79.9. The van der Waals surface area contributed by atoms with Crippen LogP contribution in [0.25, 0.3) is 0 Å². The fourth-order valence-electron chi connectivity index (χ4n) is 0.883. The number of hydrogen-bond donors (Lipinski definition) is 1. The molecular weight excluding hydrogens is 255 g/mol. The fraction of sp³-hybridized carbons (Fsp3) is 0.250. The van der Waals surface area contributed by atoms with Crippen molar-refractivity contribution in [3.05, 3.63) is 27.5 Å². The zero-order valence-corrected chi connectivity index (χ0v) is 9.32. The third-order valence-corrected chi connectivity index (χ3v) is 2.30. The topological polar surface area (TPSA) is 42.0 Å². The Morgan fingerprint density at radius 1 is 1.77 bits per heavy atom. The molecule has 1 aromatic rings. The molecule has 0 saturated carbocycles. The van der Waals surface area contributed by atoms with Gasteiger partial charge < -0.3 is 5.32 Å². The number of aromatic nitrogens is 1. The van der Waals surface area contributed by atoms with E-state index in [0.717, 1.165) is 0 Å². The van der Waals surface area contributed by atoms with Crippen LogP contribution in [-0.2, 0) is 0 Å². The summed E-state index contributed by atoms with van der Waals surface area (Å²) in [6.45, 7) is 0.291. The SMILES string of the molecule is CNCC(=O)c1cc(Cl)ncc1Br. The molecular formula is C8H8BrClN2O. The summed E-state index contributed by atoms with van der Waals surface area (Å²) in [5.41, 5.74) is 0.550. The van der Waals surface area contributed by atoms with E-state index in [1.807, 2.05) is 0 Å². The molecule has 0 fully saturated rings. The first-order valence-electron chi connectivity index (χ1n) is 3.64. The van der Waals surface area contributed by atoms with Gasteiger partial charge in [-0.15, -0.1) is 0 Å². The van der Waals surface area contributed by atoms with Gasteiger partial charge in [-0.1, -0.05) is 11.6 Å². The number of ketones is 1. The van der Waals surface area contributed by atoms with Gasteiger partial charge in [0.05, 0.1) is 6.54 Å².